The van der Waals surface area contributed by atoms with Crippen molar-refractivity contribution in [1.82, 2.24) is 29.6 Å². The quantitative estimate of drug-likeness (QED) is 0.282. The monoisotopic (exact) mass is 733 g/mol. The highest BCUT2D eigenvalue weighted by Gasteiger charge is 2.39. The molecule has 3 amide bonds. The number of hydrogen-bond acceptors (Lipinski definition) is 9. The number of allylic oxidation sites excluding steroid dienone is 2. The van der Waals surface area contributed by atoms with E-state index in [1.807, 2.05) is 26.0 Å². The van der Waals surface area contributed by atoms with Crippen LogP contribution in [0.25, 0.3) is 11.1 Å². The van der Waals surface area contributed by atoms with Crippen molar-refractivity contribution in [3.63, 3.8) is 0 Å². The van der Waals surface area contributed by atoms with Crippen molar-refractivity contribution in [3.05, 3.63) is 53.3 Å². The molecule has 13 nitrogen and oxygen atoms in total. The van der Waals surface area contributed by atoms with E-state index >= 15 is 0 Å². The highest BCUT2D eigenvalue weighted by Crippen LogP contribution is 2.33. The van der Waals surface area contributed by atoms with Crippen LogP contribution in [0, 0.1) is 11.8 Å². The van der Waals surface area contributed by atoms with Crippen LogP contribution in [-0.4, -0.2) is 108 Å². The Morgan fingerprint density at radius 2 is 1.88 bits per heavy atom. The smallest absolute Gasteiger partial charge is 0.250 e. The minimum atomic E-state index is -3.63. The summed E-state index contributed by atoms with van der Waals surface area (Å²) in [6.07, 6.45) is 11.3. The molecule has 1 fully saturated rings. The topological polar surface area (TPSA) is 180 Å². The number of carbonyl (C=O) groups excluding carboxylic acids is 3. The minimum Gasteiger partial charge on any atom is -0.376 e. The Morgan fingerprint density at radius 3 is 2.52 bits per heavy atom. The molecule has 4 rings (SSSR count). The number of carbonyl (C=O) groups is 3. The lowest BCUT2D eigenvalue weighted by atomic mass is 9.94. The van der Waals surface area contributed by atoms with Gasteiger partial charge in [0.1, 0.15) is 18.3 Å². The maximum Gasteiger partial charge on any atom is 0.250 e. The van der Waals surface area contributed by atoms with Gasteiger partial charge in [-0.1, -0.05) is 43.7 Å². The van der Waals surface area contributed by atoms with E-state index in [0.29, 0.717) is 53.9 Å². The molecular weight excluding hydrogens is 682 g/mol. The van der Waals surface area contributed by atoms with Gasteiger partial charge in [-0.2, -0.15) is 9.19 Å². The van der Waals surface area contributed by atoms with Gasteiger partial charge in [0.2, 0.25) is 17.7 Å². The molecule has 15 heteroatoms. The summed E-state index contributed by atoms with van der Waals surface area (Å²) in [5.41, 5.74) is 8.07. The molecule has 2 heterocycles. The summed E-state index contributed by atoms with van der Waals surface area (Å²) < 4.78 is 25.2. The maximum absolute atomic E-state index is 14.4. The fraction of sp³-hybridized carbons (Fsp3) is 0.600. The molecule has 1 saturated carbocycles. The second-order valence-electron chi connectivity index (χ2n) is 14.0. The summed E-state index contributed by atoms with van der Waals surface area (Å²) in [5.74, 6) is -0.980. The van der Waals surface area contributed by atoms with Gasteiger partial charge in [-0.3, -0.25) is 19.7 Å². The first kappa shape index (κ1) is 39.5. The highest BCUT2D eigenvalue weighted by atomic mass is 35.5. The lowest BCUT2D eigenvalue weighted by molar-refractivity contribution is -0.144. The molecule has 2 aliphatic rings. The summed E-state index contributed by atoms with van der Waals surface area (Å²) >= 11 is 6.44. The van der Waals surface area contributed by atoms with Crippen molar-refractivity contribution >= 4 is 39.3 Å². The highest BCUT2D eigenvalue weighted by molar-refractivity contribution is 7.89. The third-order valence-corrected chi connectivity index (χ3v) is 10.6. The third-order valence-electron chi connectivity index (χ3n) is 9.45. The Labute approximate surface area is 300 Å². The predicted octanol–water partition coefficient (Wildman–Crippen LogP) is 2.51. The number of nitrogens with zero attached hydrogens (tertiary/aromatic N) is 4. The van der Waals surface area contributed by atoms with E-state index in [2.05, 4.69) is 15.7 Å². The van der Waals surface area contributed by atoms with E-state index in [9.17, 15) is 27.9 Å². The molecule has 0 spiro atoms. The minimum absolute atomic E-state index is 0.0275. The van der Waals surface area contributed by atoms with Crippen molar-refractivity contribution in [3.8, 4) is 11.1 Å². The molecule has 0 bridgehead atoms. The van der Waals surface area contributed by atoms with Crippen molar-refractivity contribution < 1.29 is 27.9 Å². The van der Waals surface area contributed by atoms with Crippen LogP contribution in [0.15, 0.2) is 42.7 Å². The average Bonchev–Trinajstić information content (AvgIpc) is 3.78. The average molecular weight is 734 g/mol. The van der Waals surface area contributed by atoms with Crippen LogP contribution in [0.5, 0.6) is 0 Å². The Kier molecular flexibility index (Phi) is 13.6. The molecular formula is C35H52ClN7O6S. The van der Waals surface area contributed by atoms with Crippen LogP contribution in [0.3, 0.4) is 0 Å². The lowest BCUT2D eigenvalue weighted by Crippen LogP contribution is -2.59. The van der Waals surface area contributed by atoms with Gasteiger partial charge in [-0.05, 0) is 93.0 Å². The number of amides is 3. The van der Waals surface area contributed by atoms with Gasteiger partial charge in [-0.15, -0.1) is 0 Å². The van der Waals surface area contributed by atoms with Gasteiger partial charge >= 0.3 is 0 Å². The molecule has 0 saturated heterocycles. The van der Waals surface area contributed by atoms with E-state index in [1.54, 1.807) is 32.3 Å². The first-order chi connectivity index (χ1) is 23.6. The van der Waals surface area contributed by atoms with Gasteiger partial charge in [-0.25, -0.2) is 8.42 Å². The van der Waals surface area contributed by atoms with Crippen molar-refractivity contribution in [2.24, 2.45) is 17.6 Å². The van der Waals surface area contributed by atoms with Gasteiger partial charge in [0, 0.05) is 24.7 Å². The van der Waals surface area contributed by atoms with Crippen LogP contribution in [0.4, 0.5) is 0 Å². The molecule has 0 radical (unpaired) electrons. The number of aliphatic hydroxyl groups excluding tert-OH is 1. The molecule has 2 unspecified atom stereocenters. The van der Waals surface area contributed by atoms with Gasteiger partial charge in [0.05, 0.1) is 30.7 Å². The maximum atomic E-state index is 14.4. The molecule has 1 aliphatic carbocycles. The molecule has 1 aliphatic heterocycles. The molecule has 50 heavy (non-hydrogen) atoms. The van der Waals surface area contributed by atoms with E-state index in [4.69, 9.17) is 17.3 Å². The second kappa shape index (κ2) is 17.3. The number of benzene rings is 1. The molecule has 2 aromatic rings. The predicted molar refractivity (Wildman–Crippen MR) is 193 cm³/mol. The van der Waals surface area contributed by atoms with Gasteiger partial charge < -0.3 is 26.0 Å². The van der Waals surface area contributed by atoms with Crippen LogP contribution < -0.4 is 16.4 Å². The van der Waals surface area contributed by atoms with Crippen LogP contribution in [-0.2, 0) is 30.8 Å². The van der Waals surface area contributed by atoms with Crippen LogP contribution >= 0.6 is 11.6 Å². The van der Waals surface area contributed by atoms with Gasteiger partial charge in [0.25, 0.3) is 10.0 Å². The number of likely N-dealkylation sites (N-methyl/N-ethyl adjacent to an activating group) is 2. The number of nitrogens with one attached hydrogen (secondary N) is 2. The van der Waals surface area contributed by atoms with Crippen molar-refractivity contribution in [1.29, 1.82) is 0 Å². The lowest BCUT2D eigenvalue weighted by Gasteiger charge is -2.36. The zero-order chi connectivity index (χ0) is 36.7. The second-order valence-corrected chi connectivity index (χ2v) is 16.3. The Bertz CT molecular complexity index is 1640. The SMILES string of the molecule is CC(C)CC1NC(=O)[C@@H](N(C)C(=O)[C@@H](N)C2CC2)CC/C=C/CCCNC(O)[C@H](Cc2cc(Cl)ccc2-c2cnn(S(C)(=O)=O)c2)N(C)C1=O. The molecule has 1 aromatic heterocycles. The normalized spacial score (nSPS) is 24.5. The Morgan fingerprint density at radius 1 is 1.18 bits per heavy atom. The summed E-state index contributed by atoms with van der Waals surface area (Å²) in [7, 11) is -0.433. The standard InChI is InChI=1S/C35H52ClN7O6S/c1-22(2)17-28-34(46)42(4)30(19-24-18-26(36)14-15-27(24)25-20-39-43(21-25)50(5,48)49)32(44)38-16-10-8-6-7-9-11-29(33(45)40-28)41(3)35(47)31(37)23-12-13-23/h6-7,14-15,18,20-23,28-32,38,44H,8-13,16-17,19,37H2,1-5H3,(H,40,45)/b7-6+/t28?,29-,30-,31-,32?/m0/s1. The number of nitrogens with two attached hydrogens (primary N) is 1. The van der Waals surface area contributed by atoms with E-state index in [1.165, 1.54) is 22.2 Å². The van der Waals surface area contributed by atoms with Crippen LogP contribution in [0.2, 0.25) is 5.02 Å². The number of hydrogen-bond donors (Lipinski definition) is 4. The van der Waals surface area contributed by atoms with Crippen molar-refractivity contribution in [2.45, 2.75) is 95.6 Å². The fourth-order valence-corrected chi connectivity index (χ4v) is 7.05. The van der Waals surface area contributed by atoms with Crippen LogP contribution in [0.1, 0.15) is 64.4 Å². The number of halogens is 1. The summed E-state index contributed by atoms with van der Waals surface area (Å²) in [6, 6.07) is 1.88. The zero-order valence-electron chi connectivity index (χ0n) is 29.6. The van der Waals surface area contributed by atoms with E-state index in [0.717, 1.165) is 29.6 Å². The van der Waals surface area contributed by atoms with E-state index in [-0.39, 0.29) is 24.2 Å². The first-order valence-corrected chi connectivity index (χ1v) is 19.5. The zero-order valence-corrected chi connectivity index (χ0v) is 31.2. The van der Waals surface area contributed by atoms with E-state index < -0.39 is 52.2 Å². The third kappa shape index (κ3) is 10.4. The largest absolute Gasteiger partial charge is 0.376 e. The number of aliphatic hydroxyl groups is 1. The number of aromatic nitrogens is 2. The first-order valence-electron chi connectivity index (χ1n) is 17.3. The van der Waals surface area contributed by atoms with Crippen molar-refractivity contribution in [2.75, 3.05) is 26.9 Å². The Balaban J connectivity index is 1.68. The summed E-state index contributed by atoms with van der Waals surface area (Å²) in [4.78, 5) is 44.5. The molecule has 1 aromatic carbocycles. The Hall–Kier alpha value is -3.30. The molecule has 5 N–H and O–H groups in total. The summed E-state index contributed by atoms with van der Waals surface area (Å²) in [6.45, 7) is 4.38. The summed E-state index contributed by atoms with van der Waals surface area (Å²) in [5, 5.41) is 22.1. The molecule has 276 valence electrons. The fourth-order valence-electron chi connectivity index (χ4n) is 6.34. The van der Waals surface area contributed by atoms with Gasteiger partial charge in [0.15, 0.2) is 0 Å². The molecule has 5 atom stereocenters. The number of rotatable bonds is 9.